The third kappa shape index (κ3) is 5.80. The molecule has 1 N–H and O–H groups in total. The summed E-state index contributed by atoms with van der Waals surface area (Å²) in [6.45, 7) is 6.64. The van der Waals surface area contributed by atoms with Crippen molar-refractivity contribution in [2.24, 2.45) is 0 Å². The quantitative estimate of drug-likeness (QED) is 0.681. The molecule has 0 fully saturated rings. The second-order valence-corrected chi connectivity index (χ2v) is 6.70. The highest BCUT2D eigenvalue weighted by molar-refractivity contribution is 5.80. The zero-order valence-corrected chi connectivity index (χ0v) is 16.1. The molecule has 140 valence electrons. The average molecular weight is 355 g/mol. The minimum Gasteiger partial charge on any atom is -0.497 e. The molecule has 0 radical (unpaired) electrons. The van der Waals surface area contributed by atoms with Gasteiger partial charge in [-0.3, -0.25) is 4.79 Å². The number of rotatable bonds is 9. The Labute approximate surface area is 156 Å². The van der Waals surface area contributed by atoms with E-state index in [4.69, 9.17) is 9.47 Å². The molecule has 0 saturated carbocycles. The fourth-order valence-corrected chi connectivity index (χ4v) is 2.78. The molecule has 0 aliphatic rings. The molecule has 4 nitrogen and oxygen atoms in total. The Morgan fingerprint density at radius 2 is 1.85 bits per heavy atom. The third-order valence-corrected chi connectivity index (χ3v) is 4.29. The van der Waals surface area contributed by atoms with Crippen LogP contribution in [-0.4, -0.2) is 25.7 Å². The minimum absolute atomic E-state index is 0.0887. The Morgan fingerprint density at radius 3 is 2.58 bits per heavy atom. The number of hydrogen-bond acceptors (Lipinski definition) is 3. The van der Waals surface area contributed by atoms with Gasteiger partial charge < -0.3 is 14.8 Å². The van der Waals surface area contributed by atoms with Gasteiger partial charge in [0, 0.05) is 6.54 Å². The molecule has 2 rings (SSSR count). The molecule has 0 saturated heterocycles. The number of aryl methyl sites for hydroxylation is 1. The van der Waals surface area contributed by atoms with Crippen LogP contribution in [0.2, 0.25) is 0 Å². The number of carbonyl (C=O) groups is 1. The van der Waals surface area contributed by atoms with Crippen LogP contribution < -0.4 is 14.8 Å². The molecule has 0 aliphatic heterocycles. The standard InChI is InChI=1S/C22H29NO3/c1-16(2)20-12-5-6-13-21(20)26-17(3)22(24)23-14-8-10-18-9-7-11-19(15-18)25-4/h5-7,9,11-13,15-17H,8,10,14H2,1-4H3,(H,23,24). The Bertz CT molecular complexity index is 712. The van der Waals surface area contributed by atoms with Crippen LogP contribution in [0, 0.1) is 0 Å². The first-order valence-electron chi connectivity index (χ1n) is 9.17. The van der Waals surface area contributed by atoms with Gasteiger partial charge in [0.05, 0.1) is 7.11 Å². The molecule has 2 aromatic rings. The lowest BCUT2D eigenvalue weighted by atomic mass is 10.0. The van der Waals surface area contributed by atoms with Gasteiger partial charge in [-0.2, -0.15) is 0 Å². The van der Waals surface area contributed by atoms with E-state index in [1.165, 1.54) is 5.56 Å². The van der Waals surface area contributed by atoms with Crippen molar-refractivity contribution in [3.8, 4) is 11.5 Å². The summed E-state index contributed by atoms with van der Waals surface area (Å²) in [5, 5.41) is 2.96. The number of nitrogens with one attached hydrogen (secondary N) is 1. The van der Waals surface area contributed by atoms with Crippen molar-refractivity contribution in [1.29, 1.82) is 0 Å². The van der Waals surface area contributed by atoms with E-state index >= 15 is 0 Å². The van der Waals surface area contributed by atoms with Crippen LogP contribution in [0.3, 0.4) is 0 Å². The predicted molar refractivity (Wildman–Crippen MR) is 105 cm³/mol. The summed E-state index contributed by atoms with van der Waals surface area (Å²) >= 11 is 0. The van der Waals surface area contributed by atoms with Gasteiger partial charge in [-0.15, -0.1) is 0 Å². The van der Waals surface area contributed by atoms with E-state index in [2.05, 4.69) is 25.2 Å². The van der Waals surface area contributed by atoms with E-state index in [9.17, 15) is 4.79 Å². The first-order valence-corrected chi connectivity index (χ1v) is 9.17. The molecule has 0 aliphatic carbocycles. The lowest BCUT2D eigenvalue weighted by Crippen LogP contribution is -2.37. The maximum atomic E-state index is 12.3. The molecule has 1 amide bonds. The zero-order valence-electron chi connectivity index (χ0n) is 16.1. The Hall–Kier alpha value is -2.49. The van der Waals surface area contributed by atoms with Crippen molar-refractivity contribution < 1.29 is 14.3 Å². The van der Waals surface area contributed by atoms with Crippen molar-refractivity contribution in [3.63, 3.8) is 0 Å². The SMILES string of the molecule is COc1cccc(CCCNC(=O)C(C)Oc2ccccc2C(C)C)c1. The van der Waals surface area contributed by atoms with E-state index in [-0.39, 0.29) is 5.91 Å². The molecule has 0 heterocycles. The molecule has 0 spiro atoms. The second-order valence-electron chi connectivity index (χ2n) is 6.70. The van der Waals surface area contributed by atoms with E-state index < -0.39 is 6.10 Å². The van der Waals surface area contributed by atoms with Crippen molar-refractivity contribution in [2.45, 2.75) is 45.6 Å². The first kappa shape index (κ1) is 19.8. The zero-order chi connectivity index (χ0) is 18.9. The normalized spacial score (nSPS) is 11.9. The van der Waals surface area contributed by atoms with Gasteiger partial charge in [0.25, 0.3) is 5.91 Å². The molecule has 26 heavy (non-hydrogen) atoms. The van der Waals surface area contributed by atoms with Gasteiger partial charge >= 0.3 is 0 Å². The van der Waals surface area contributed by atoms with Gasteiger partial charge in [0.2, 0.25) is 0 Å². The fourth-order valence-electron chi connectivity index (χ4n) is 2.78. The summed E-state index contributed by atoms with van der Waals surface area (Å²) in [7, 11) is 1.66. The Balaban J connectivity index is 1.79. The monoisotopic (exact) mass is 355 g/mol. The highest BCUT2D eigenvalue weighted by Crippen LogP contribution is 2.26. The van der Waals surface area contributed by atoms with Crippen molar-refractivity contribution in [2.75, 3.05) is 13.7 Å². The highest BCUT2D eigenvalue weighted by atomic mass is 16.5. The summed E-state index contributed by atoms with van der Waals surface area (Å²) in [5.41, 5.74) is 2.32. The number of carbonyl (C=O) groups excluding carboxylic acids is 1. The van der Waals surface area contributed by atoms with Crippen LogP contribution in [-0.2, 0) is 11.2 Å². The van der Waals surface area contributed by atoms with Gasteiger partial charge in [-0.25, -0.2) is 0 Å². The largest absolute Gasteiger partial charge is 0.497 e. The summed E-state index contributed by atoms with van der Waals surface area (Å²) < 4.78 is 11.1. The van der Waals surface area contributed by atoms with Crippen LogP contribution in [0.5, 0.6) is 11.5 Å². The summed E-state index contributed by atoms with van der Waals surface area (Å²) in [4.78, 5) is 12.3. The van der Waals surface area contributed by atoms with Crippen LogP contribution in [0.25, 0.3) is 0 Å². The predicted octanol–water partition coefficient (Wildman–Crippen LogP) is 4.33. The molecular formula is C22H29NO3. The molecule has 1 unspecified atom stereocenters. The second kappa shape index (κ2) is 9.85. The van der Waals surface area contributed by atoms with E-state index in [0.29, 0.717) is 12.5 Å². The maximum absolute atomic E-state index is 12.3. The van der Waals surface area contributed by atoms with E-state index in [1.54, 1.807) is 14.0 Å². The minimum atomic E-state index is -0.522. The molecule has 4 heteroatoms. The van der Waals surface area contributed by atoms with Crippen LogP contribution in [0.1, 0.15) is 44.2 Å². The van der Waals surface area contributed by atoms with Gasteiger partial charge in [0.15, 0.2) is 6.10 Å². The summed E-state index contributed by atoms with van der Waals surface area (Å²) in [6.07, 6.45) is 1.24. The fraction of sp³-hybridized carbons (Fsp3) is 0.409. The molecule has 2 aromatic carbocycles. The topological polar surface area (TPSA) is 47.6 Å². The van der Waals surface area contributed by atoms with E-state index in [0.717, 1.165) is 29.9 Å². The third-order valence-electron chi connectivity index (χ3n) is 4.29. The molecule has 1 atom stereocenters. The summed E-state index contributed by atoms with van der Waals surface area (Å²) in [6, 6.07) is 15.9. The van der Waals surface area contributed by atoms with Crippen LogP contribution in [0.15, 0.2) is 48.5 Å². The number of methoxy groups -OCH3 is 1. The summed E-state index contributed by atoms with van der Waals surface area (Å²) in [5.74, 6) is 1.90. The molecule has 0 aromatic heterocycles. The van der Waals surface area contributed by atoms with Gasteiger partial charge in [-0.1, -0.05) is 44.2 Å². The Kier molecular flexibility index (Phi) is 7.52. The van der Waals surface area contributed by atoms with Crippen LogP contribution >= 0.6 is 0 Å². The lowest BCUT2D eigenvalue weighted by Gasteiger charge is -2.18. The number of para-hydroxylation sites is 1. The molecule has 0 bridgehead atoms. The lowest BCUT2D eigenvalue weighted by molar-refractivity contribution is -0.127. The van der Waals surface area contributed by atoms with Crippen molar-refractivity contribution >= 4 is 5.91 Å². The maximum Gasteiger partial charge on any atom is 0.260 e. The van der Waals surface area contributed by atoms with E-state index in [1.807, 2.05) is 42.5 Å². The Morgan fingerprint density at radius 1 is 1.08 bits per heavy atom. The van der Waals surface area contributed by atoms with Crippen molar-refractivity contribution in [3.05, 3.63) is 59.7 Å². The smallest absolute Gasteiger partial charge is 0.260 e. The number of hydrogen-bond donors (Lipinski definition) is 1. The van der Waals surface area contributed by atoms with Gasteiger partial charge in [-0.05, 0) is 55.0 Å². The average Bonchev–Trinajstić information content (AvgIpc) is 2.65. The number of benzene rings is 2. The number of amides is 1. The first-order chi connectivity index (χ1) is 12.5. The molecular weight excluding hydrogens is 326 g/mol. The van der Waals surface area contributed by atoms with Crippen molar-refractivity contribution in [1.82, 2.24) is 5.32 Å². The van der Waals surface area contributed by atoms with Crippen LogP contribution in [0.4, 0.5) is 0 Å². The highest BCUT2D eigenvalue weighted by Gasteiger charge is 2.16. The van der Waals surface area contributed by atoms with Gasteiger partial charge in [0.1, 0.15) is 11.5 Å². The number of ether oxygens (including phenoxy) is 2.